The number of amides is 3. The first-order chi connectivity index (χ1) is 21.7. The maximum atomic E-state index is 12.6. The van der Waals surface area contributed by atoms with E-state index in [1.54, 1.807) is 24.3 Å². The number of carbonyl (C=O) groups excluding carboxylic acids is 3. The lowest BCUT2D eigenvalue weighted by Gasteiger charge is -2.43. The highest BCUT2D eigenvalue weighted by molar-refractivity contribution is 7.92. The Balaban J connectivity index is 0.000000266. The van der Waals surface area contributed by atoms with Gasteiger partial charge in [-0.1, -0.05) is 5.16 Å². The number of anilines is 1. The van der Waals surface area contributed by atoms with Crippen LogP contribution in [0.1, 0.15) is 35.6 Å². The van der Waals surface area contributed by atoms with E-state index in [9.17, 15) is 24.0 Å². The van der Waals surface area contributed by atoms with E-state index >= 15 is 0 Å². The fourth-order valence-electron chi connectivity index (χ4n) is 3.52. The van der Waals surface area contributed by atoms with E-state index < -0.39 is 40.9 Å². The third kappa shape index (κ3) is 8.97. The molecule has 2 atom stereocenters. The Labute approximate surface area is 274 Å². The molecule has 246 valence electrons. The molecule has 0 saturated carbocycles. The zero-order valence-corrected chi connectivity index (χ0v) is 26.7. The minimum atomic E-state index is -1.70. The SMILES string of the molecule is CC(C)(O/N=C(\C(=O)NC1C(=O)N(SO)C1CN)c1csc(N)n1)C(=O)O.O=C(NCc1cc(=O)c(O)c[nH]1)c1ccc(S)cc1. The summed E-state index contributed by atoms with van der Waals surface area (Å²) in [6.07, 6.45) is 1.19. The summed E-state index contributed by atoms with van der Waals surface area (Å²) in [5.74, 6) is -3.27. The molecular formula is C26H30N8O9S3. The van der Waals surface area contributed by atoms with Crippen molar-refractivity contribution in [2.75, 3.05) is 12.3 Å². The van der Waals surface area contributed by atoms with E-state index in [4.69, 9.17) is 31.1 Å². The normalized spacial score (nSPS) is 16.1. The number of aromatic nitrogens is 2. The van der Waals surface area contributed by atoms with Gasteiger partial charge in [0.1, 0.15) is 24.0 Å². The average molecular weight is 695 g/mol. The van der Waals surface area contributed by atoms with E-state index in [1.165, 1.54) is 31.5 Å². The van der Waals surface area contributed by atoms with Crippen molar-refractivity contribution in [2.45, 2.75) is 43.0 Å². The molecule has 2 aromatic heterocycles. The van der Waals surface area contributed by atoms with Crippen LogP contribution in [0.2, 0.25) is 0 Å². The Morgan fingerprint density at radius 2 is 1.93 bits per heavy atom. The number of aliphatic carboxylic acids is 1. The number of carboxylic acid groups (broad SMARTS) is 1. The fraction of sp³-hybridized carbons (Fsp3) is 0.269. The molecule has 4 rings (SSSR count). The molecule has 10 N–H and O–H groups in total. The molecule has 1 aliphatic heterocycles. The third-order valence-corrected chi connectivity index (χ3v) is 7.76. The molecule has 0 radical (unpaired) electrons. The molecule has 3 heterocycles. The molecule has 17 nitrogen and oxygen atoms in total. The van der Waals surface area contributed by atoms with Gasteiger partial charge in [-0.05, 0) is 38.1 Å². The number of hydrogen-bond acceptors (Lipinski definition) is 15. The Hall–Kier alpha value is -4.63. The van der Waals surface area contributed by atoms with Crippen molar-refractivity contribution in [1.29, 1.82) is 0 Å². The number of rotatable bonds is 11. The number of nitrogens with zero attached hydrogens (tertiary/aromatic N) is 3. The molecular weight excluding hydrogens is 665 g/mol. The van der Waals surface area contributed by atoms with Crippen molar-refractivity contribution in [3.8, 4) is 5.75 Å². The smallest absolute Gasteiger partial charge is 0.350 e. The second kappa shape index (κ2) is 15.6. The number of aromatic hydroxyl groups is 1. The van der Waals surface area contributed by atoms with Gasteiger partial charge in [0.25, 0.3) is 17.7 Å². The highest BCUT2D eigenvalue weighted by atomic mass is 32.2. The minimum absolute atomic E-state index is 0.00289. The Morgan fingerprint density at radius 3 is 2.48 bits per heavy atom. The van der Waals surface area contributed by atoms with Crippen LogP contribution in [0.15, 0.2) is 56.8 Å². The number of nitrogens with one attached hydrogen (secondary N) is 3. The number of carboxylic acids is 1. The second-order valence-electron chi connectivity index (χ2n) is 9.85. The zero-order chi connectivity index (χ0) is 34.2. The first kappa shape index (κ1) is 35.8. The van der Waals surface area contributed by atoms with Crippen molar-refractivity contribution in [3.63, 3.8) is 0 Å². The summed E-state index contributed by atoms with van der Waals surface area (Å²) in [6, 6.07) is 6.42. The monoisotopic (exact) mass is 694 g/mol. The van der Waals surface area contributed by atoms with Crippen LogP contribution in [0.4, 0.5) is 5.13 Å². The van der Waals surface area contributed by atoms with E-state index in [1.807, 2.05) is 0 Å². The van der Waals surface area contributed by atoms with Gasteiger partial charge < -0.3 is 46.7 Å². The van der Waals surface area contributed by atoms with Crippen molar-refractivity contribution in [1.82, 2.24) is 24.9 Å². The lowest BCUT2D eigenvalue weighted by Crippen LogP contribution is -2.70. The first-order valence-corrected chi connectivity index (χ1v) is 15.1. The number of benzene rings is 1. The van der Waals surface area contributed by atoms with Crippen molar-refractivity contribution in [2.24, 2.45) is 10.9 Å². The summed E-state index contributed by atoms with van der Waals surface area (Å²) in [5, 5.41) is 28.5. The first-order valence-electron chi connectivity index (χ1n) is 13.0. The van der Waals surface area contributed by atoms with Crippen LogP contribution in [0.3, 0.4) is 0 Å². The highest BCUT2D eigenvalue weighted by Gasteiger charge is 2.48. The fourth-order valence-corrected chi connectivity index (χ4v) is 4.74. The number of H-pyrrole nitrogens is 1. The summed E-state index contributed by atoms with van der Waals surface area (Å²) in [5.41, 5.74) is 9.66. The summed E-state index contributed by atoms with van der Waals surface area (Å²) >= 11 is 5.39. The molecule has 2 unspecified atom stereocenters. The number of β-lactam (4-membered cyclic amide) rings is 1. The number of nitrogen functional groups attached to an aromatic ring is 1. The Kier molecular flexibility index (Phi) is 12.1. The topological polar surface area (TPSA) is 276 Å². The molecule has 1 aromatic carbocycles. The van der Waals surface area contributed by atoms with Crippen LogP contribution in [0, 0.1) is 0 Å². The summed E-state index contributed by atoms with van der Waals surface area (Å²) < 4.78 is 10.1. The maximum absolute atomic E-state index is 12.6. The Bertz CT molecular complexity index is 1680. The van der Waals surface area contributed by atoms with Crippen molar-refractivity contribution >= 4 is 70.7 Å². The molecule has 20 heteroatoms. The molecule has 46 heavy (non-hydrogen) atoms. The highest BCUT2D eigenvalue weighted by Crippen LogP contribution is 2.26. The maximum Gasteiger partial charge on any atom is 0.350 e. The number of aromatic amines is 1. The molecule has 0 bridgehead atoms. The van der Waals surface area contributed by atoms with Gasteiger partial charge in [-0.15, -0.1) is 24.0 Å². The van der Waals surface area contributed by atoms with Gasteiger partial charge in [0.15, 0.2) is 16.6 Å². The van der Waals surface area contributed by atoms with Gasteiger partial charge in [-0.2, -0.15) is 0 Å². The molecule has 1 saturated heterocycles. The molecule has 1 aliphatic rings. The number of pyridine rings is 1. The molecule has 0 spiro atoms. The predicted octanol–water partition coefficient (Wildman–Crippen LogP) is 0.384. The largest absolute Gasteiger partial charge is 0.503 e. The predicted molar refractivity (Wildman–Crippen MR) is 171 cm³/mol. The number of thiol groups is 1. The van der Waals surface area contributed by atoms with Gasteiger partial charge in [0, 0.05) is 40.3 Å². The third-order valence-electron chi connectivity index (χ3n) is 6.17. The number of oxime groups is 1. The van der Waals surface area contributed by atoms with E-state index in [0.29, 0.717) is 11.3 Å². The van der Waals surface area contributed by atoms with Gasteiger partial charge in [-0.3, -0.25) is 23.5 Å². The minimum Gasteiger partial charge on any atom is -0.503 e. The zero-order valence-electron chi connectivity index (χ0n) is 24.2. The van der Waals surface area contributed by atoms with Gasteiger partial charge in [-0.25, -0.2) is 9.78 Å². The van der Waals surface area contributed by atoms with E-state index in [-0.39, 0.29) is 53.5 Å². The second-order valence-corrected chi connectivity index (χ2v) is 11.8. The average Bonchev–Trinajstić information content (AvgIpc) is 3.44. The van der Waals surface area contributed by atoms with E-state index in [0.717, 1.165) is 20.5 Å². The lowest BCUT2D eigenvalue weighted by molar-refractivity contribution is -0.161. The van der Waals surface area contributed by atoms with Crippen LogP contribution in [0.25, 0.3) is 0 Å². The molecule has 1 fully saturated rings. The standard InChI is InChI=1S/C13H18N6O6S2.C13H12N2O3S/c1-13(2,11(22)23)25-18-7(5-4-26-12(15)16-5)9(20)17-8-6(3-14)19(27-24)10(8)21;16-11-5-9(14-7-12(11)17)6-15-13(18)8-1-3-10(19)4-2-8/h4,6,8,24H,3,14H2,1-2H3,(H2,15,16)(H,17,20)(H,22,23);1-5,7,17,19H,6H2,(H,14,16)(H,15,18)/b18-7-;. The van der Waals surface area contributed by atoms with Crippen LogP contribution >= 0.6 is 36.2 Å². The number of carbonyl (C=O) groups is 4. The van der Waals surface area contributed by atoms with Crippen LogP contribution < -0.4 is 27.5 Å². The summed E-state index contributed by atoms with van der Waals surface area (Å²) in [6.45, 7) is 2.68. The van der Waals surface area contributed by atoms with Crippen molar-refractivity contribution in [3.05, 3.63) is 69.1 Å². The lowest BCUT2D eigenvalue weighted by atomic mass is 9.98. The van der Waals surface area contributed by atoms with Crippen LogP contribution in [-0.2, 0) is 25.8 Å². The molecule has 0 aliphatic carbocycles. The van der Waals surface area contributed by atoms with E-state index in [2.05, 4.69) is 38.4 Å². The van der Waals surface area contributed by atoms with Crippen molar-refractivity contribution < 1.29 is 38.8 Å². The van der Waals surface area contributed by atoms with Gasteiger partial charge >= 0.3 is 5.97 Å². The number of thiazole rings is 1. The molecule has 3 aromatic rings. The van der Waals surface area contributed by atoms with Gasteiger partial charge in [0.2, 0.25) is 11.0 Å². The van der Waals surface area contributed by atoms with Gasteiger partial charge in [0.05, 0.1) is 12.6 Å². The number of hydrogen-bond donors (Lipinski definition) is 9. The van der Waals surface area contributed by atoms with Crippen LogP contribution in [-0.4, -0.2) is 82.7 Å². The summed E-state index contributed by atoms with van der Waals surface area (Å²) in [4.78, 5) is 71.1. The Morgan fingerprint density at radius 1 is 1.26 bits per heavy atom. The summed E-state index contributed by atoms with van der Waals surface area (Å²) in [7, 11) is 0. The number of nitrogens with two attached hydrogens (primary N) is 2. The quantitative estimate of drug-likeness (QED) is 0.0328. The van der Waals surface area contributed by atoms with Crippen LogP contribution in [0.5, 0.6) is 5.75 Å². The molecule has 3 amide bonds.